The van der Waals surface area contributed by atoms with E-state index in [2.05, 4.69) is 11.9 Å². The number of hydrogen-bond donors (Lipinski definition) is 2. The number of esters is 1. The Hall–Kier alpha value is -3.61. The molecular formula is C25H26N2O5. The van der Waals surface area contributed by atoms with Crippen molar-refractivity contribution >= 4 is 23.5 Å². The van der Waals surface area contributed by atoms with Gasteiger partial charge in [-0.25, -0.2) is 4.79 Å². The number of phenols is 1. The summed E-state index contributed by atoms with van der Waals surface area (Å²) in [5.74, 6) is -1.10. The second-order valence-corrected chi connectivity index (χ2v) is 8.24. The van der Waals surface area contributed by atoms with Gasteiger partial charge in [-0.1, -0.05) is 43.3 Å². The lowest BCUT2D eigenvalue weighted by Gasteiger charge is -2.29. The number of carbonyl (C=O) groups is 3. The molecule has 1 aliphatic heterocycles. The van der Waals surface area contributed by atoms with Gasteiger partial charge in [0.2, 0.25) is 5.91 Å². The second kappa shape index (κ2) is 9.26. The molecule has 1 heterocycles. The summed E-state index contributed by atoms with van der Waals surface area (Å²) in [4.78, 5) is 39.8. The number of nitrogens with one attached hydrogen (secondary N) is 1. The van der Waals surface area contributed by atoms with Crippen molar-refractivity contribution in [1.82, 2.24) is 4.90 Å². The third-order valence-corrected chi connectivity index (χ3v) is 6.26. The summed E-state index contributed by atoms with van der Waals surface area (Å²) >= 11 is 0. The molecule has 2 N–H and O–H groups in total. The molecule has 0 bridgehead atoms. The summed E-state index contributed by atoms with van der Waals surface area (Å²) in [6, 6.07) is 13.0. The number of phenolic OH excluding ortho intramolecular Hbond substituents is 1. The zero-order valence-corrected chi connectivity index (χ0v) is 17.7. The third-order valence-electron chi connectivity index (χ3n) is 6.26. The maximum absolute atomic E-state index is 13.5. The van der Waals surface area contributed by atoms with Gasteiger partial charge in [0.1, 0.15) is 18.4 Å². The lowest BCUT2D eigenvalue weighted by molar-refractivity contribution is -0.150. The van der Waals surface area contributed by atoms with Gasteiger partial charge in [-0.15, -0.1) is 0 Å². The number of ether oxygens (including phenoxy) is 1. The molecule has 2 fully saturated rings. The van der Waals surface area contributed by atoms with Gasteiger partial charge in [-0.3, -0.25) is 9.59 Å². The molecule has 0 spiro atoms. The molecular weight excluding hydrogens is 408 g/mol. The maximum Gasteiger partial charge on any atom is 0.329 e. The van der Waals surface area contributed by atoms with Crippen molar-refractivity contribution in [3.63, 3.8) is 0 Å². The summed E-state index contributed by atoms with van der Waals surface area (Å²) in [6.45, 7) is 3.55. The van der Waals surface area contributed by atoms with Crippen molar-refractivity contribution in [3.8, 4) is 5.75 Å². The van der Waals surface area contributed by atoms with Crippen molar-refractivity contribution in [1.29, 1.82) is 0 Å². The smallest absolute Gasteiger partial charge is 0.329 e. The molecule has 1 saturated heterocycles. The molecule has 2 aliphatic rings. The molecule has 3 atom stereocenters. The van der Waals surface area contributed by atoms with E-state index in [0.29, 0.717) is 6.42 Å². The standard InChI is InChI=1S/C25H26N2O5/c1-2-23(29)26-19-13-18(11-12-22(19)28)24(30)27-20-10-6-9-17(20)14-21(27)25(31)32-15-16-7-4-3-5-8-16/h2-5,7-8,11-13,17,20-21,28H,1,6,9-10,14-15H2,(H,26,29)/t17-,20-,21-/m0/s1. The second-order valence-electron chi connectivity index (χ2n) is 8.24. The molecule has 0 aromatic heterocycles. The first-order valence-corrected chi connectivity index (χ1v) is 10.8. The summed E-state index contributed by atoms with van der Waals surface area (Å²) in [5.41, 5.74) is 1.29. The molecule has 4 rings (SSSR count). The predicted octanol–water partition coefficient (Wildman–Crippen LogP) is 3.64. The van der Waals surface area contributed by atoms with E-state index in [1.165, 1.54) is 18.2 Å². The zero-order chi connectivity index (χ0) is 22.7. The Labute approximate surface area is 186 Å². The molecule has 0 radical (unpaired) electrons. The van der Waals surface area contributed by atoms with Gasteiger partial charge in [-0.2, -0.15) is 0 Å². The van der Waals surface area contributed by atoms with Crippen LogP contribution in [0, 0.1) is 5.92 Å². The van der Waals surface area contributed by atoms with Crippen LogP contribution >= 0.6 is 0 Å². The van der Waals surface area contributed by atoms with Gasteiger partial charge in [-0.05, 0) is 55.0 Å². The first kappa shape index (κ1) is 21.6. The number of carbonyl (C=O) groups excluding carboxylic acids is 3. The number of anilines is 1. The van der Waals surface area contributed by atoms with Crippen LogP contribution in [-0.4, -0.2) is 39.9 Å². The SMILES string of the molecule is C=CC(=O)Nc1cc(C(=O)N2[C@H](C(=O)OCc3ccccc3)C[C@@H]3CCC[C@@H]32)ccc1O. The van der Waals surface area contributed by atoms with E-state index in [0.717, 1.165) is 30.9 Å². The summed E-state index contributed by atoms with van der Waals surface area (Å²) in [6.07, 6.45) is 4.50. The molecule has 2 aromatic rings. The lowest BCUT2D eigenvalue weighted by Crippen LogP contribution is -2.45. The molecule has 1 aliphatic carbocycles. The largest absolute Gasteiger partial charge is 0.506 e. The van der Waals surface area contributed by atoms with Crippen LogP contribution in [0.25, 0.3) is 0 Å². The average Bonchev–Trinajstić information content (AvgIpc) is 3.40. The molecule has 166 valence electrons. The highest BCUT2D eigenvalue weighted by atomic mass is 16.5. The van der Waals surface area contributed by atoms with Crippen LogP contribution in [0.5, 0.6) is 5.75 Å². The number of aromatic hydroxyl groups is 1. The minimum absolute atomic E-state index is 0.0169. The van der Waals surface area contributed by atoms with Gasteiger partial charge in [0, 0.05) is 11.6 Å². The Morgan fingerprint density at radius 2 is 1.94 bits per heavy atom. The molecule has 7 nitrogen and oxygen atoms in total. The molecule has 1 saturated carbocycles. The van der Waals surface area contributed by atoms with E-state index < -0.39 is 17.9 Å². The van der Waals surface area contributed by atoms with Crippen LogP contribution in [0.2, 0.25) is 0 Å². The first-order valence-electron chi connectivity index (χ1n) is 10.8. The fraction of sp³-hybridized carbons (Fsp3) is 0.320. The van der Waals surface area contributed by atoms with E-state index >= 15 is 0 Å². The number of benzene rings is 2. The van der Waals surface area contributed by atoms with Gasteiger partial charge >= 0.3 is 5.97 Å². The number of amides is 2. The molecule has 32 heavy (non-hydrogen) atoms. The summed E-state index contributed by atoms with van der Waals surface area (Å²) in [5, 5.41) is 12.5. The molecule has 2 amide bonds. The Morgan fingerprint density at radius 1 is 1.16 bits per heavy atom. The van der Waals surface area contributed by atoms with Crippen LogP contribution in [0.3, 0.4) is 0 Å². The van der Waals surface area contributed by atoms with Crippen LogP contribution in [0.4, 0.5) is 5.69 Å². The Balaban J connectivity index is 1.55. The minimum atomic E-state index is -0.651. The Morgan fingerprint density at radius 3 is 2.69 bits per heavy atom. The minimum Gasteiger partial charge on any atom is -0.506 e. The Kier molecular flexibility index (Phi) is 6.25. The van der Waals surface area contributed by atoms with Crippen molar-refractivity contribution in [2.75, 3.05) is 5.32 Å². The van der Waals surface area contributed by atoms with Gasteiger partial charge in [0.25, 0.3) is 5.91 Å². The highest BCUT2D eigenvalue weighted by Crippen LogP contribution is 2.42. The van der Waals surface area contributed by atoms with Crippen molar-refractivity contribution in [2.24, 2.45) is 5.92 Å². The Bertz CT molecular complexity index is 1040. The van der Waals surface area contributed by atoms with Crippen LogP contribution < -0.4 is 5.32 Å². The number of hydrogen-bond acceptors (Lipinski definition) is 5. The van der Waals surface area contributed by atoms with Crippen LogP contribution in [0.1, 0.15) is 41.6 Å². The van der Waals surface area contributed by atoms with Crippen molar-refractivity contribution < 1.29 is 24.2 Å². The van der Waals surface area contributed by atoms with Crippen molar-refractivity contribution in [3.05, 3.63) is 72.3 Å². The summed E-state index contributed by atoms with van der Waals surface area (Å²) < 4.78 is 5.56. The highest BCUT2D eigenvalue weighted by Gasteiger charge is 2.49. The fourth-order valence-electron chi connectivity index (χ4n) is 4.72. The first-order chi connectivity index (χ1) is 15.5. The summed E-state index contributed by atoms with van der Waals surface area (Å²) in [7, 11) is 0. The topological polar surface area (TPSA) is 95.9 Å². The number of likely N-dealkylation sites (tertiary alicyclic amines) is 1. The maximum atomic E-state index is 13.5. The monoisotopic (exact) mass is 434 g/mol. The normalized spacial score (nSPS) is 21.6. The van der Waals surface area contributed by atoms with E-state index in [4.69, 9.17) is 4.74 Å². The number of rotatable bonds is 6. The predicted molar refractivity (Wildman–Crippen MR) is 119 cm³/mol. The number of nitrogens with zero attached hydrogens (tertiary/aromatic N) is 1. The van der Waals surface area contributed by atoms with Gasteiger partial charge in [0.05, 0.1) is 5.69 Å². The zero-order valence-electron chi connectivity index (χ0n) is 17.7. The van der Waals surface area contributed by atoms with Crippen LogP contribution in [-0.2, 0) is 20.9 Å². The van der Waals surface area contributed by atoms with Crippen molar-refractivity contribution in [2.45, 2.75) is 44.4 Å². The molecule has 7 heteroatoms. The van der Waals surface area contributed by atoms with Crippen LogP contribution in [0.15, 0.2) is 61.2 Å². The lowest BCUT2D eigenvalue weighted by atomic mass is 10.0. The molecule has 0 unspecified atom stereocenters. The average molecular weight is 434 g/mol. The third kappa shape index (κ3) is 4.37. The van der Waals surface area contributed by atoms with E-state index in [-0.39, 0.29) is 41.5 Å². The highest BCUT2D eigenvalue weighted by molar-refractivity contribution is 6.02. The quantitative estimate of drug-likeness (QED) is 0.411. The van der Waals surface area contributed by atoms with Gasteiger partial charge in [0.15, 0.2) is 0 Å². The van der Waals surface area contributed by atoms with Gasteiger partial charge < -0.3 is 20.1 Å². The van der Waals surface area contributed by atoms with E-state index in [1.54, 1.807) is 4.90 Å². The molecule has 2 aromatic carbocycles. The van der Waals surface area contributed by atoms with E-state index in [1.807, 2.05) is 30.3 Å². The fourth-order valence-corrected chi connectivity index (χ4v) is 4.72. The van der Waals surface area contributed by atoms with E-state index in [9.17, 15) is 19.5 Å². The number of fused-ring (bicyclic) bond motifs is 1.